The Hall–Kier alpha value is -2.99. The van der Waals surface area contributed by atoms with E-state index in [2.05, 4.69) is 10.2 Å². The molecule has 0 fully saturated rings. The number of rotatable bonds is 6. The van der Waals surface area contributed by atoms with E-state index in [1.54, 1.807) is 6.92 Å². The quantitative estimate of drug-likeness (QED) is 0.281. The fraction of sp³-hybridized carbons (Fsp3) is 0.348. The first-order valence-electron chi connectivity index (χ1n) is 10.6. The van der Waals surface area contributed by atoms with Gasteiger partial charge in [0.25, 0.3) is 0 Å². The lowest BCUT2D eigenvalue weighted by Crippen LogP contribution is -2.17. The highest BCUT2D eigenvalue weighted by molar-refractivity contribution is 8.00. The number of benzene rings is 2. The molecule has 36 heavy (non-hydrogen) atoms. The Bertz CT molecular complexity index is 1300. The van der Waals surface area contributed by atoms with Crippen LogP contribution in [0.3, 0.4) is 0 Å². The minimum absolute atomic E-state index is 0.0199. The summed E-state index contributed by atoms with van der Waals surface area (Å²) < 4.78 is 74.0. The Morgan fingerprint density at radius 1 is 1.17 bits per heavy atom. The lowest BCUT2D eigenvalue weighted by atomic mass is 10.00. The molecule has 1 aliphatic rings. The molecular formula is C23H20ClF4N3O4S. The van der Waals surface area contributed by atoms with Gasteiger partial charge in [0, 0.05) is 5.02 Å². The molecule has 0 amide bonds. The summed E-state index contributed by atoms with van der Waals surface area (Å²) in [6.45, 7) is 1.69. The molecule has 0 unspecified atom stereocenters. The number of fused-ring (bicyclic) bond motifs is 3. The fourth-order valence-corrected chi connectivity index (χ4v) is 5.78. The van der Waals surface area contributed by atoms with Crippen molar-refractivity contribution in [2.24, 2.45) is 0 Å². The predicted molar refractivity (Wildman–Crippen MR) is 124 cm³/mol. The van der Waals surface area contributed by atoms with E-state index in [-0.39, 0.29) is 52.2 Å². The van der Waals surface area contributed by atoms with Crippen LogP contribution in [0.5, 0.6) is 11.5 Å². The number of thioether (sulfide) groups is 1. The number of esters is 1. The number of halogens is 5. The third-order valence-corrected chi connectivity index (χ3v) is 7.20. The molecule has 4 rings (SSSR count). The van der Waals surface area contributed by atoms with E-state index in [1.165, 1.54) is 44.6 Å². The third-order valence-electron chi connectivity index (χ3n) is 5.49. The van der Waals surface area contributed by atoms with Gasteiger partial charge in [-0.25, -0.2) is 4.39 Å². The number of carbonyl (C=O) groups is 1. The van der Waals surface area contributed by atoms with E-state index in [0.29, 0.717) is 0 Å². The zero-order chi connectivity index (χ0) is 26.2. The summed E-state index contributed by atoms with van der Waals surface area (Å²) in [5.74, 6) is -2.47. The molecule has 1 aliphatic heterocycles. The molecule has 3 aromatic rings. The minimum Gasteiger partial charge on any atom is -0.493 e. The van der Waals surface area contributed by atoms with Gasteiger partial charge in [-0.3, -0.25) is 9.36 Å². The number of nitrogens with zero attached hydrogens (tertiary/aromatic N) is 3. The second-order valence-corrected chi connectivity index (χ2v) is 9.38. The van der Waals surface area contributed by atoms with Crippen LogP contribution in [0.15, 0.2) is 30.3 Å². The highest BCUT2D eigenvalue weighted by atomic mass is 35.5. The molecule has 13 heteroatoms. The molecule has 0 spiro atoms. The average Bonchev–Trinajstić information content (AvgIpc) is 3.23. The first-order chi connectivity index (χ1) is 17.1. The van der Waals surface area contributed by atoms with Crippen LogP contribution in [0.1, 0.15) is 46.6 Å². The number of alkyl halides is 3. The van der Waals surface area contributed by atoms with E-state index < -0.39 is 34.3 Å². The number of hydrogen-bond donors (Lipinski definition) is 0. The Labute approximate surface area is 212 Å². The summed E-state index contributed by atoms with van der Waals surface area (Å²) in [6.07, 6.45) is -5.19. The molecule has 0 saturated carbocycles. The van der Waals surface area contributed by atoms with Gasteiger partial charge in [0.2, 0.25) is 5.82 Å². The van der Waals surface area contributed by atoms with Crippen LogP contribution in [-0.4, -0.2) is 41.6 Å². The molecular weight excluding hydrogens is 526 g/mol. The molecule has 7 nitrogen and oxygen atoms in total. The van der Waals surface area contributed by atoms with Crippen molar-refractivity contribution in [3.63, 3.8) is 0 Å². The predicted octanol–water partition coefficient (Wildman–Crippen LogP) is 5.93. The van der Waals surface area contributed by atoms with Crippen molar-refractivity contribution in [1.82, 2.24) is 14.8 Å². The van der Waals surface area contributed by atoms with Crippen molar-refractivity contribution in [3.8, 4) is 17.2 Å². The zero-order valence-corrected chi connectivity index (χ0v) is 20.8. The molecule has 192 valence electrons. The summed E-state index contributed by atoms with van der Waals surface area (Å²) in [6, 6.07) is 6.80. The van der Waals surface area contributed by atoms with Gasteiger partial charge in [-0.05, 0) is 42.8 Å². The summed E-state index contributed by atoms with van der Waals surface area (Å²) in [4.78, 5) is 12.4. The highest BCUT2D eigenvalue weighted by Crippen LogP contribution is 2.55. The van der Waals surface area contributed by atoms with Crippen LogP contribution >= 0.6 is 23.4 Å². The van der Waals surface area contributed by atoms with Gasteiger partial charge in [0.1, 0.15) is 5.82 Å². The van der Waals surface area contributed by atoms with Crippen molar-refractivity contribution in [2.45, 2.75) is 30.0 Å². The Kier molecular flexibility index (Phi) is 7.37. The van der Waals surface area contributed by atoms with Crippen LogP contribution in [-0.2, 0) is 15.7 Å². The Morgan fingerprint density at radius 2 is 1.92 bits per heavy atom. The van der Waals surface area contributed by atoms with Crippen LogP contribution in [0.2, 0.25) is 5.02 Å². The number of hydrogen-bond acceptors (Lipinski definition) is 7. The van der Waals surface area contributed by atoms with Gasteiger partial charge < -0.3 is 14.2 Å². The second-order valence-electron chi connectivity index (χ2n) is 7.63. The molecule has 0 saturated heterocycles. The fourth-order valence-electron chi connectivity index (χ4n) is 4.07. The normalized spacial score (nSPS) is 17.1. The number of ether oxygens (including phenoxy) is 3. The van der Waals surface area contributed by atoms with E-state index in [4.69, 9.17) is 25.8 Å². The maximum Gasteiger partial charge on any atom is 0.452 e. The number of aromatic nitrogens is 3. The molecule has 2 heterocycles. The second kappa shape index (κ2) is 10.2. The smallest absolute Gasteiger partial charge is 0.452 e. The van der Waals surface area contributed by atoms with Gasteiger partial charge in [-0.15, -0.1) is 22.0 Å². The number of methoxy groups -OCH3 is 2. The molecule has 0 radical (unpaired) electrons. The van der Waals surface area contributed by atoms with Crippen molar-refractivity contribution in [1.29, 1.82) is 0 Å². The van der Waals surface area contributed by atoms with E-state index in [1.807, 2.05) is 0 Å². The zero-order valence-electron chi connectivity index (χ0n) is 19.2. The lowest BCUT2D eigenvalue weighted by molar-refractivity contribution is -0.146. The van der Waals surface area contributed by atoms with Crippen LogP contribution in [0.4, 0.5) is 17.6 Å². The summed E-state index contributed by atoms with van der Waals surface area (Å²) in [5.41, 5.74) is 0.308. The Balaban J connectivity index is 2.03. The monoisotopic (exact) mass is 545 g/mol. The Morgan fingerprint density at radius 3 is 2.56 bits per heavy atom. The summed E-state index contributed by atoms with van der Waals surface area (Å²) >= 11 is 7.27. The topological polar surface area (TPSA) is 75.5 Å². The molecule has 2 atom stereocenters. The first-order valence-corrected chi connectivity index (χ1v) is 12.0. The third kappa shape index (κ3) is 4.71. The standard InChI is InChI=1S/C23H20ClF4N3O4S/c1-4-35-17(32)10-16-21-29-30-22(23(26,27)28)31(21)14-7-5-11(24)9-12(14)20(36-16)18-13(25)6-8-15(33-2)19(18)34-3/h5-9,16,20H,4,10H2,1-3H3/t16-,20+/m1/s1. The van der Waals surface area contributed by atoms with Crippen molar-refractivity contribution >= 4 is 29.3 Å². The lowest BCUT2D eigenvalue weighted by Gasteiger charge is -2.24. The molecule has 0 aliphatic carbocycles. The maximum atomic E-state index is 15.4. The van der Waals surface area contributed by atoms with E-state index >= 15 is 4.39 Å². The largest absolute Gasteiger partial charge is 0.493 e. The summed E-state index contributed by atoms with van der Waals surface area (Å²) in [5, 5.41) is 5.45. The van der Waals surface area contributed by atoms with Gasteiger partial charge in [-0.2, -0.15) is 13.2 Å². The first kappa shape index (κ1) is 26.1. The van der Waals surface area contributed by atoms with Crippen LogP contribution < -0.4 is 9.47 Å². The minimum atomic E-state index is -4.86. The van der Waals surface area contributed by atoms with E-state index in [0.717, 1.165) is 16.3 Å². The molecule has 0 bridgehead atoms. The molecule has 2 aromatic carbocycles. The molecule has 0 N–H and O–H groups in total. The SMILES string of the molecule is CCOC(=O)C[C@H]1S[C@H](c2c(F)ccc(OC)c2OC)c2cc(Cl)ccc2-n2c1nnc2C(F)(F)F. The van der Waals surface area contributed by atoms with Gasteiger partial charge in [0.15, 0.2) is 17.3 Å². The van der Waals surface area contributed by atoms with Crippen LogP contribution in [0, 0.1) is 5.82 Å². The average molecular weight is 546 g/mol. The van der Waals surface area contributed by atoms with Crippen molar-refractivity contribution < 1.29 is 36.6 Å². The number of carbonyl (C=O) groups excluding carboxylic acids is 1. The van der Waals surface area contributed by atoms with Gasteiger partial charge >= 0.3 is 12.1 Å². The maximum absolute atomic E-state index is 15.4. The summed E-state index contributed by atoms with van der Waals surface area (Å²) in [7, 11) is 2.71. The van der Waals surface area contributed by atoms with Crippen molar-refractivity contribution in [2.75, 3.05) is 20.8 Å². The highest BCUT2D eigenvalue weighted by Gasteiger charge is 2.44. The van der Waals surface area contributed by atoms with Crippen LogP contribution in [0.25, 0.3) is 5.69 Å². The van der Waals surface area contributed by atoms with Gasteiger partial charge in [0.05, 0.1) is 49.0 Å². The van der Waals surface area contributed by atoms with E-state index in [9.17, 15) is 18.0 Å². The van der Waals surface area contributed by atoms with Crippen molar-refractivity contribution in [3.05, 3.63) is 63.9 Å². The van der Waals surface area contributed by atoms with Gasteiger partial charge in [-0.1, -0.05) is 11.6 Å². The molecule has 1 aromatic heterocycles.